The summed E-state index contributed by atoms with van der Waals surface area (Å²) in [6.45, 7) is 3.17. The maximum Gasteiger partial charge on any atom is 0.211 e. The molecular weight excluding hydrogens is 332 g/mol. The van der Waals surface area contributed by atoms with Crippen LogP contribution in [0, 0.1) is 12.8 Å². The Kier molecular flexibility index (Phi) is 4.74. The molecule has 6 nitrogen and oxygen atoms in total. The van der Waals surface area contributed by atoms with Crippen LogP contribution in [0.2, 0.25) is 0 Å². The molecule has 2 aromatic rings. The summed E-state index contributed by atoms with van der Waals surface area (Å²) in [4.78, 5) is 14.4. The first kappa shape index (κ1) is 16.5. The SMILES string of the molecule is Cc1ncsc1-c1nccnc1CC1CCN(S(C)(=O)=O)CC1. The molecule has 0 amide bonds. The normalized spacial score (nSPS) is 17.5. The number of sulfonamides is 1. The maximum atomic E-state index is 11.6. The molecule has 1 fully saturated rings. The molecule has 1 saturated heterocycles. The van der Waals surface area contributed by atoms with Gasteiger partial charge in [0.1, 0.15) is 5.69 Å². The van der Waals surface area contributed by atoms with Gasteiger partial charge in [-0.2, -0.15) is 0 Å². The molecule has 1 aliphatic heterocycles. The van der Waals surface area contributed by atoms with Crippen molar-refractivity contribution < 1.29 is 8.42 Å². The molecule has 8 heteroatoms. The highest BCUT2D eigenvalue weighted by Crippen LogP contribution is 2.30. The fraction of sp³-hybridized carbons (Fsp3) is 0.533. The Balaban J connectivity index is 1.74. The Hall–Kier alpha value is -1.38. The van der Waals surface area contributed by atoms with Crippen molar-refractivity contribution in [3.05, 3.63) is 29.3 Å². The Morgan fingerprint density at radius 1 is 1.22 bits per heavy atom. The van der Waals surface area contributed by atoms with Crippen molar-refractivity contribution in [1.29, 1.82) is 0 Å². The van der Waals surface area contributed by atoms with Gasteiger partial charge in [-0.25, -0.2) is 17.7 Å². The van der Waals surface area contributed by atoms with E-state index in [1.165, 1.54) is 6.26 Å². The van der Waals surface area contributed by atoms with E-state index in [-0.39, 0.29) is 0 Å². The lowest BCUT2D eigenvalue weighted by atomic mass is 9.92. The van der Waals surface area contributed by atoms with E-state index in [2.05, 4.69) is 15.0 Å². The third kappa shape index (κ3) is 3.76. The Labute approximate surface area is 140 Å². The predicted molar refractivity (Wildman–Crippen MR) is 90.7 cm³/mol. The second-order valence-electron chi connectivity index (χ2n) is 5.93. The van der Waals surface area contributed by atoms with Crippen LogP contribution in [0.3, 0.4) is 0 Å². The van der Waals surface area contributed by atoms with Crippen molar-refractivity contribution >= 4 is 21.4 Å². The van der Waals surface area contributed by atoms with Gasteiger partial charge in [0.05, 0.1) is 28.0 Å². The van der Waals surface area contributed by atoms with E-state index in [0.717, 1.165) is 41.2 Å². The molecule has 0 bridgehead atoms. The molecule has 0 N–H and O–H groups in total. The van der Waals surface area contributed by atoms with Crippen molar-refractivity contribution in [1.82, 2.24) is 19.3 Å². The summed E-state index contributed by atoms with van der Waals surface area (Å²) in [6, 6.07) is 0. The third-order valence-corrected chi connectivity index (χ3v) is 6.50. The van der Waals surface area contributed by atoms with Crippen LogP contribution in [0.4, 0.5) is 0 Å². The fourth-order valence-electron chi connectivity index (χ4n) is 2.95. The van der Waals surface area contributed by atoms with Gasteiger partial charge in [0.15, 0.2) is 0 Å². The first-order valence-electron chi connectivity index (χ1n) is 7.60. The second-order valence-corrected chi connectivity index (χ2v) is 8.77. The molecule has 23 heavy (non-hydrogen) atoms. The van der Waals surface area contributed by atoms with Crippen molar-refractivity contribution in [2.75, 3.05) is 19.3 Å². The Morgan fingerprint density at radius 3 is 2.52 bits per heavy atom. The molecule has 1 aliphatic rings. The quantitative estimate of drug-likeness (QED) is 0.842. The average molecular weight is 352 g/mol. The van der Waals surface area contributed by atoms with Crippen LogP contribution in [-0.2, 0) is 16.4 Å². The fourth-order valence-corrected chi connectivity index (χ4v) is 4.65. The molecular formula is C15H20N4O2S2. The standard InChI is InChI=1S/C15H20N4O2S2/c1-11-15(22-10-18-11)14-13(16-5-6-17-14)9-12-3-7-19(8-4-12)23(2,20)21/h5-6,10,12H,3-4,7-9H2,1-2H3. The minimum atomic E-state index is -3.07. The summed E-state index contributed by atoms with van der Waals surface area (Å²) in [5.41, 5.74) is 4.70. The second kappa shape index (κ2) is 6.62. The zero-order chi connectivity index (χ0) is 16.4. The van der Waals surface area contributed by atoms with Gasteiger partial charge in [-0.05, 0) is 32.1 Å². The van der Waals surface area contributed by atoms with Gasteiger partial charge >= 0.3 is 0 Å². The zero-order valence-corrected chi connectivity index (χ0v) is 14.9. The van der Waals surface area contributed by atoms with Crippen molar-refractivity contribution in [2.24, 2.45) is 5.92 Å². The van der Waals surface area contributed by atoms with E-state index >= 15 is 0 Å². The molecule has 124 valence electrons. The van der Waals surface area contributed by atoms with Gasteiger partial charge in [0.25, 0.3) is 0 Å². The van der Waals surface area contributed by atoms with Crippen LogP contribution < -0.4 is 0 Å². The van der Waals surface area contributed by atoms with Gasteiger partial charge in [-0.3, -0.25) is 9.97 Å². The number of hydrogen-bond acceptors (Lipinski definition) is 6. The summed E-state index contributed by atoms with van der Waals surface area (Å²) in [5.74, 6) is 0.441. The number of aromatic nitrogens is 3. The van der Waals surface area contributed by atoms with Gasteiger partial charge in [0, 0.05) is 25.5 Å². The van der Waals surface area contributed by atoms with Crippen LogP contribution >= 0.6 is 11.3 Å². The summed E-state index contributed by atoms with van der Waals surface area (Å²) in [6.07, 6.45) is 7.28. The van der Waals surface area contributed by atoms with Gasteiger partial charge in [-0.1, -0.05) is 0 Å². The van der Waals surface area contributed by atoms with Crippen molar-refractivity contribution in [2.45, 2.75) is 26.2 Å². The molecule has 0 unspecified atom stereocenters. The van der Waals surface area contributed by atoms with Gasteiger partial charge in [-0.15, -0.1) is 11.3 Å². The number of rotatable bonds is 4. The lowest BCUT2D eigenvalue weighted by Gasteiger charge is -2.30. The number of hydrogen-bond donors (Lipinski definition) is 0. The summed E-state index contributed by atoms with van der Waals surface area (Å²) in [5, 5.41) is 0. The topological polar surface area (TPSA) is 76.1 Å². The van der Waals surface area contributed by atoms with Crippen LogP contribution in [-0.4, -0.2) is 47.0 Å². The third-order valence-electron chi connectivity index (χ3n) is 4.26. The van der Waals surface area contributed by atoms with E-state index in [0.29, 0.717) is 19.0 Å². The number of piperidine rings is 1. The van der Waals surface area contributed by atoms with E-state index in [1.807, 2.05) is 12.4 Å². The summed E-state index contributed by atoms with van der Waals surface area (Å²) >= 11 is 1.58. The highest BCUT2D eigenvalue weighted by Gasteiger charge is 2.26. The Morgan fingerprint density at radius 2 is 1.91 bits per heavy atom. The van der Waals surface area contributed by atoms with Crippen LogP contribution in [0.5, 0.6) is 0 Å². The first-order valence-corrected chi connectivity index (χ1v) is 10.3. The van der Waals surface area contributed by atoms with Gasteiger partial charge in [0.2, 0.25) is 10.0 Å². The van der Waals surface area contributed by atoms with E-state index in [1.54, 1.807) is 28.0 Å². The number of thiazole rings is 1. The molecule has 0 saturated carbocycles. The molecule has 2 aromatic heterocycles. The van der Waals surface area contributed by atoms with E-state index < -0.39 is 10.0 Å². The summed E-state index contributed by atoms with van der Waals surface area (Å²) in [7, 11) is -3.07. The maximum absolute atomic E-state index is 11.6. The molecule has 3 rings (SSSR count). The Bertz CT molecular complexity index is 780. The van der Waals surface area contributed by atoms with Crippen LogP contribution in [0.1, 0.15) is 24.2 Å². The molecule has 0 spiro atoms. The van der Waals surface area contributed by atoms with Gasteiger partial charge < -0.3 is 0 Å². The average Bonchev–Trinajstić information content (AvgIpc) is 2.93. The monoisotopic (exact) mass is 352 g/mol. The van der Waals surface area contributed by atoms with E-state index in [9.17, 15) is 8.42 Å². The highest BCUT2D eigenvalue weighted by atomic mass is 32.2. The predicted octanol–water partition coefficient (Wildman–Crippen LogP) is 2.12. The first-order chi connectivity index (χ1) is 10.9. The van der Waals surface area contributed by atoms with Crippen LogP contribution in [0.15, 0.2) is 17.9 Å². The van der Waals surface area contributed by atoms with E-state index in [4.69, 9.17) is 0 Å². The molecule has 0 atom stereocenters. The minimum absolute atomic E-state index is 0.441. The lowest BCUT2D eigenvalue weighted by molar-refractivity contribution is 0.273. The number of aryl methyl sites for hydroxylation is 1. The number of nitrogens with zero attached hydrogens (tertiary/aromatic N) is 4. The molecule has 0 aliphatic carbocycles. The molecule has 0 radical (unpaired) electrons. The zero-order valence-electron chi connectivity index (χ0n) is 13.3. The summed E-state index contributed by atoms with van der Waals surface area (Å²) < 4.78 is 24.8. The smallest absolute Gasteiger partial charge is 0.211 e. The molecule has 3 heterocycles. The largest absolute Gasteiger partial charge is 0.257 e. The van der Waals surface area contributed by atoms with Crippen LogP contribution in [0.25, 0.3) is 10.6 Å². The molecule has 0 aromatic carbocycles. The van der Waals surface area contributed by atoms with Crippen molar-refractivity contribution in [3.8, 4) is 10.6 Å². The minimum Gasteiger partial charge on any atom is -0.257 e. The van der Waals surface area contributed by atoms with Crippen molar-refractivity contribution in [3.63, 3.8) is 0 Å². The highest BCUT2D eigenvalue weighted by molar-refractivity contribution is 7.88. The lowest BCUT2D eigenvalue weighted by Crippen LogP contribution is -2.38.